The molecule has 0 unspecified atom stereocenters. The third kappa shape index (κ3) is 1350. The van der Waals surface area contributed by atoms with Gasteiger partial charge in [-0.25, -0.2) is 0 Å². The van der Waals surface area contributed by atoms with E-state index in [4.69, 9.17) is 60.3 Å². The molecular weight excluding hydrogens is 1000 g/mol. The van der Waals surface area contributed by atoms with Gasteiger partial charge in [-0.3, -0.25) is 29.3 Å². The van der Waals surface area contributed by atoms with Gasteiger partial charge in [0, 0.05) is 0 Å². The van der Waals surface area contributed by atoms with E-state index in [-0.39, 0.29) is 80.4 Å². The minimum Gasteiger partial charge on any atom is -0.907 e. The van der Waals surface area contributed by atoms with Gasteiger partial charge in [-0.05, 0) is 0 Å². The van der Waals surface area contributed by atoms with Crippen LogP contribution in [0.1, 0.15) is 0 Å². The molecular formula is B4Ir4O12. The van der Waals surface area contributed by atoms with Crippen molar-refractivity contribution >= 4 is 29.3 Å². The summed E-state index contributed by atoms with van der Waals surface area (Å²) in [5.74, 6) is 0. The molecule has 0 amide bonds. The second kappa shape index (κ2) is 42.9. The van der Waals surface area contributed by atoms with E-state index in [0.29, 0.717) is 0 Å². The van der Waals surface area contributed by atoms with E-state index >= 15 is 0 Å². The minimum atomic E-state index is -2.92. The second-order valence-corrected chi connectivity index (χ2v) is 1.15. The van der Waals surface area contributed by atoms with Crippen molar-refractivity contribution in [2.45, 2.75) is 0 Å². The summed E-state index contributed by atoms with van der Waals surface area (Å²) in [6.07, 6.45) is 0. The molecule has 0 fully saturated rings. The van der Waals surface area contributed by atoms with Crippen LogP contribution in [0.3, 0.4) is 0 Å². The van der Waals surface area contributed by atoms with Gasteiger partial charge in [0.05, 0.1) is 0 Å². The largest absolute Gasteiger partial charge is 3.00 e. The first-order valence-corrected chi connectivity index (χ1v) is 2.83. The summed E-state index contributed by atoms with van der Waals surface area (Å²) < 4.78 is 0. The smallest absolute Gasteiger partial charge is 0.907 e. The van der Waals surface area contributed by atoms with Crippen LogP contribution < -0.4 is 60.3 Å². The van der Waals surface area contributed by atoms with Crippen molar-refractivity contribution in [1.29, 1.82) is 0 Å². The number of hydrogen-bond donors (Lipinski definition) is 0. The fourth-order valence-electron chi connectivity index (χ4n) is 0. The molecule has 0 aliphatic rings. The summed E-state index contributed by atoms with van der Waals surface area (Å²) in [7, 11) is -11.7. The van der Waals surface area contributed by atoms with E-state index < -0.39 is 29.3 Å². The van der Waals surface area contributed by atoms with Crippen molar-refractivity contribution in [3.05, 3.63) is 0 Å². The van der Waals surface area contributed by atoms with Gasteiger partial charge in [0.1, 0.15) is 0 Å². The molecule has 20 heteroatoms. The van der Waals surface area contributed by atoms with Gasteiger partial charge in [-0.2, -0.15) is 0 Å². The predicted molar refractivity (Wildman–Crippen MR) is 23.0 cm³/mol. The minimum absolute atomic E-state index is 0. The van der Waals surface area contributed by atoms with Crippen molar-refractivity contribution in [2.24, 2.45) is 0 Å². The van der Waals surface area contributed by atoms with E-state index in [9.17, 15) is 0 Å². The maximum Gasteiger partial charge on any atom is 3.00 e. The molecule has 0 aliphatic heterocycles. The Hall–Kier alpha value is 2.38. The van der Waals surface area contributed by atoms with Gasteiger partial charge >= 0.3 is 80.4 Å². The fraction of sp³-hybridized carbons (Fsp3) is 0. The first kappa shape index (κ1) is 49.5. The van der Waals surface area contributed by atoms with E-state index in [1.807, 2.05) is 0 Å². The average Bonchev–Trinajstić information content (AvgIpc) is 1.76. The van der Waals surface area contributed by atoms with Crippen molar-refractivity contribution < 1.29 is 141 Å². The summed E-state index contributed by atoms with van der Waals surface area (Å²) in [5, 5.41) is 101. The summed E-state index contributed by atoms with van der Waals surface area (Å²) in [6.45, 7) is 0. The summed E-state index contributed by atoms with van der Waals surface area (Å²) >= 11 is 0. The Labute approximate surface area is 169 Å². The quantitative estimate of drug-likeness (QED) is 0.205. The van der Waals surface area contributed by atoms with Crippen LogP contribution in [0, 0.1) is 0 Å². The summed E-state index contributed by atoms with van der Waals surface area (Å²) in [4.78, 5) is 0. The third-order valence-corrected chi connectivity index (χ3v) is 0. The SMILES string of the molecule is [Ir+3].[Ir+3].[Ir+3].[Ir+3].[O-]B([O-])[O-].[O-]B([O-])[O-].[O-]B([O-])[O-].[O-]B([O-])[O-]. The molecule has 0 N–H and O–H groups in total. The van der Waals surface area contributed by atoms with Gasteiger partial charge in [0.15, 0.2) is 0 Å². The summed E-state index contributed by atoms with van der Waals surface area (Å²) in [5.41, 5.74) is 0. The molecule has 0 spiro atoms. The molecule has 0 bridgehead atoms. The molecule has 20 heavy (non-hydrogen) atoms. The Morgan fingerprint density at radius 1 is 0.250 bits per heavy atom. The van der Waals surface area contributed by atoms with Crippen molar-refractivity contribution in [2.75, 3.05) is 0 Å². The Balaban J connectivity index is -0.0000000150. The molecule has 0 aromatic rings. The standard InChI is InChI=1S/4BO3.4Ir/c4*2-1(3)4;;;;/q4*-3;4*+3. The zero-order valence-corrected chi connectivity index (χ0v) is 18.1. The van der Waals surface area contributed by atoms with E-state index in [2.05, 4.69) is 0 Å². The number of rotatable bonds is 0. The van der Waals surface area contributed by atoms with Crippen LogP contribution in [0.15, 0.2) is 0 Å². The van der Waals surface area contributed by atoms with Crippen molar-refractivity contribution in [3.63, 3.8) is 0 Å². The first-order valence-electron chi connectivity index (χ1n) is 2.83. The van der Waals surface area contributed by atoms with E-state index in [0.717, 1.165) is 0 Å². The molecule has 12 nitrogen and oxygen atoms in total. The van der Waals surface area contributed by atoms with Crippen LogP contribution in [0.4, 0.5) is 0 Å². The van der Waals surface area contributed by atoms with Gasteiger partial charge in [0.2, 0.25) is 0 Å². The monoisotopic (exact) mass is 1010 g/mol. The first-order chi connectivity index (χ1) is 6.93. The second-order valence-electron chi connectivity index (χ2n) is 1.15. The molecule has 0 saturated carbocycles. The zero-order chi connectivity index (χ0) is 14.3. The molecule has 0 aromatic heterocycles. The predicted octanol–water partition coefficient (Wildman–Crippen LogP) is -15.8. The molecule has 0 aromatic carbocycles. The van der Waals surface area contributed by atoms with Crippen LogP contribution in [-0.4, -0.2) is 29.3 Å². The molecule has 120 valence electrons. The van der Waals surface area contributed by atoms with Crippen molar-refractivity contribution in [1.82, 2.24) is 0 Å². The molecule has 0 rings (SSSR count). The van der Waals surface area contributed by atoms with E-state index in [1.54, 1.807) is 0 Å². The molecule has 0 aliphatic carbocycles. The van der Waals surface area contributed by atoms with Crippen LogP contribution >= 0.6 is 0 Å². The number of hydrogen-bond acceptors (Lipinski definition) is 12. The fourth-order valence-corrected chi connectivity index (χ4v) is 0. The van der Waals surface area contributed by atoms with Gasteiger partial charge in [0.25, 0.3) is 0 Å². The maximum absolute atomic E-state index is 8.42. The average molecular weight is 1000 g/mol. The van der Waals surface area contributed by atoms with Crippen LogP contribution in [0.25, 0.3) is 0 Å². The Kier molecular flexibility index (Phi) is 106. The topological polar surface area (TPSA) is 277 Å². The van der Waals surface area contributed by atoms with Gasteiger partial charge < -0.3 is 60.3 Å². The van der Waals surface area contributed by atoms with Crippen LogP contribution in [-0.2, 0) is 80.4 Å². The van der Waals surface area contributed by atoms with Crippen LogP contribution in [0.2, 0.25) is 0 Å². The van der Waals surface area contributed by atoms with Crippen LogP contribution in [0.5, 0.6) is 0 Å². The zero-order valence-electron chi connectivity index (χ0n) is 8.54. The normalized spacial score (nSPS) is 5.40. The van der Waals surface area contributed by atoms with E-state index in [1.165, 1.54) is 0 Å². The summed E-state index contributed by atoms with van der Waals surface area (Å²) in [6, 6.07) is 0. The van der Waals surface area contributed by atoms with Gasteiger partial charge in [-0.15, -0.1) is 0 Å². The van der Waals surface area contributed by atoms with Gasteiger partial charge in [-0.1, -0.05) is 0 Å². The molecule has 0 heterocycles. The Morgan fingerprint density at radius 2 is 0.250 bits per heavy atom. The molecule has 0 saturated heterocycles. The maximum atomic E-state index is 8.42. The third-order valence-electron chi connectivity index (χ3n) is 0. The van der Waals surface area contributed by atoms with Crippen molar-refractivity contribution in [3.8, 4) is 0 Å². The molecule has 0 radical (unpaired) electrons. The Bertz CT molecular complexity index is 70.4. The molecule has 0 atom stereocenters. The Morgan fingerprint density at radius 3 is 0.250 bits per heavy atom.